The minimum Gasteiger partial charge on any atom is -0.314 e. The summed E-state index contributed by atoms with van der Waals surface area (Å²) in [7, 11) is 0. The molecule has 1 aliphatic heterocycles. The van der Waals surface area contributed by atoms with Crippen LogP contribution in [0.4, 0.5) is 0 Å². The van der Waals surface area contributed by atoms with Crippen LogP contribution in [-0.2, 0) is 0 Å². The van der Waals surface area contributed by atoms with Gasteiger partial charge in [0.2, 0.25) is 0 Å². The second-order valence-corrected chi connectivity index (χ2v) is 5.26. The van der Waals surface area contributed by atoms with Gasteiger partial charge < -0.3 is 5.32 Å². The molecule has 15 heavy (non-hydrogen) atoms. The van der Waals surface area contributed by atoms with Gasteiger partial charge in [-0.2, -0.15) is 0 Å². The van der Waals surface area contributed by atoms with E-state index in [9.17, 15) is 0 Å². The molecule has 1 saturated heterocycles. The van der Waals surface area contributed by atoms with E-state index in [1.54, 1.807) is 0 Å². The van der Waals surface area contributed by atoms with Gasteiger partial charge in [0.1, 0.15) is 0 Å². The molecular formula is C13H26N2. The average molecular weight is 210 g/mol. The smallest absolute Gasteiger partial charge is 0.0345 e. The molecule has 2 rings (SSSR count). The summed E-state index contributed by atoms with van der Waals surface area (Å²) < 4.78 is 0. The van der Waals surface area contributed by atoms with Gasteiger partial charge in [-0.15, -0.1) is 0 Å². The lowest BCUT2D eigenvalue weighted by Crippen LogP contribution is -2.57. The normalized spacial score (nSPS) is 25.2. The highest BCUT2D eigenvalue weighted by Gasteiger charge is 2.25. The highest BCUT2D eigenvalue weighted by atomic mass is 15.2. The Morgan fingerprint density at radius 2 is 1.73 bits per heavy atom. The van der Waals surface area contributed by atoms with Crippen LogP contribution in [0.1, 0.15) is 45.4 Å². The van der Waals surface area contributed by atoms with E-state index in [2.05, 4.69) is 17.1 Å². The summed E-state index contributed by atoms with van der Waals surface area (Å²) in [6.07, 6.45) is 8.88. The second kappa shape index (κ2) is 5.86. The highest BCUT2D eigenvalue weighted by molar-refractivity contribution is 4.85. The van der Waals surface area contributed by atoms with Crippen molar-refractivity contribution in [2.75, 3.05) is 26.2 Å². The van der Waals surface area contributed by atoms with Crippen molar-refractivity contribution < 1.29 is 0 Å². The van der Waals surface area contributed by atoms with E-state index in [1.165, 1.54) is 64.7 Å². The third-order valence-electron chi connectivity index (χ3n) is 4.15. The Morgan fingerprint density at radius 3 is 2.20 bits per heavy atom. The SMILES string of the molecule is CCN(CC1CCCCCC1)C1CNC1. The van der Waals surface area contributed by atoms with Gasteiger partial charge in [-0.25, -0.2) is 0 Å². The lowest BCUT2D eigenvalue weighted by atomic mass is 9.98. The van der Waals surface area contributed by atoms with Gasteiger partial charge in [0.15, 0.2) is 0 Å². The highest BCUT2D eigenvalue weighted by Crippen LogP contribution is 2.24. The molecule has 2 aliphatic rings. The van der Waals surface area contributed by atoms with Gasteiger partial charge in [-0.1, -0.05) is 32.6 Å². The van der Waals surface area contributed by atoms with Crippen LogP contribution in [0.15, 0.2) is 0 Å². The van der Waals surface area contributed by atoms with E-state index in [-0.39, 0.29) is 0 Å². The van der Waals surface area contributed by atoms with Crippen molar-refractivity contribution in [3.05, 3.63) is 0 Å². The van der Waals surface area contributed by atoms with E-state index in [0.29, 0.717) is 0 Å². The zero-order valence-electron chi connectivity index (χ0n) is 10.2. The number of likely N-dealkylation sites (N-methyl/N-ethyl adjacent to an activating group) is 1. The first-order chi connectivity index (χ1) is 7.40. The number of nitrogens with one attached hydrogen (secondary N) is 1. The van der Waals surface area contributed by atoms with Gasteiger partial charge in [0.05, 0.1) is 0 Å². The minimum absolute atomic E-state index is 0.846. The summed E-state index contributed by atoms with van der Waals surface area (Å²) >= 11 is 0. The van der Waals surface area contributed by atoms with Gasteiger partial charge in [0.25, 0.3) is 0 Å². The molecule has 1 aliphatic carbocycles. The Bertz CT molecular complexity index is 169. The molecule has 1 saturated carbocycles. The fourth-order valence-corrected chi connectivity index (χ4v) is 2.95. The van der Waals surface area contributed by atoms with Gasteiger partial charge >= 0.3 is 0 Å². The molecule has 0 aromatic heterocycles. The van der Waals surface area contributed by atoms with E-state index in [1.807, 2.05) is 0 Å². The summed E-state index contributed by atoms with van der Waals surface area (Å²) in [5.74, 6) is 0.994. The predicted octanol–water partition coefficient (Wildman–Crippen LogP) is 2.25. The first-order valence-corrected chi connectivity index (χ1v) is 6.85. The summed E-state index contributed by atoms with van der Waals surface area (Å²) in [6, 6.07) is 0.846. The van der Waals surface area contributed by atoms with Crippen molar-refractivity contribution in [1.29, 1.82) is 0 Å². The molecule has 0 amide bonds. The molecule has 1 heterocycles. The molecule has 2 nitrogen and oxygen atoms in total. The van der Waals surface area contributed by atoms with Gasteiger partial charge in [-0.05, 0) is 25.3 Å². The molecule has 2 fully saturated rings. The maximum Gasteiger partial charge on any atom is 0.0345 e. The second-order valence-electron chi connectivity index (χ2n) is 5.26. The van der Waals surface area contributed by atoms with Crippen LogP contribution in [0.5, 0.6) is 0 Å². The predicted molar refractivity (Wildman–Crippen MR) is 65.1 cm³/mol. The molecule has 88 valence electrons. The Balaban J connectivity index is 1.76. The van der Waals surface area contributed by atoms with E-state index < -0.39 is 0 Å². The molecule has 0 radical (unpaired) electrons. The van der Waals surface area contributed by atoms with Crippen LogP contribution in [-0.4, -0.2) is 37.1 Å². The zero-order valence-corrected chi connectivity index (χ0v) is 10.2. The van der Waals surface area contributed by atoms with E-state index in [0.717, 1.165) is 12.0 Å². The third-order valence-corrected chi connectivity index (χ3v) is 4.15. The fourth-order valence-electron chi connectivity index (χ4n) is 2.95. The lowest BCUT2D eigenvalue weighted by molar-refractivity contribution is 0.126. The van der Waals surface area contributed by atoms with Crippen LogP contribution in [0.3, 0.4) is 0 Å². The molecule has 2 heteroatoms. The molecule has 0 atom stereocenters. The van der Waals surface area contributed by atoms with Crippen LogP contribution < -0.4 is 5.32 Å². The van der Waals surface area contributed by atoms with E-state index in [4.69, 9.17) is 0 Å². The van der Waals surface area contributed by atoms with Crippen molar-refractivity contribution in [3.63, 3.8) is 0 Å². The Kier molecular flexibility index (Phi) is 4.45. The fraction of sp³-hybridized carbons (Fsp3) is 1.00. The van der Waals surface area contributed by atoms with Crippen molar-refractivity contribution in [3.8, 4) is 0 Å². The molecule has 0 unspecified atom stereocenters. The average Bonchev–Trinajstić information content (AvgIpc) is 2.42. The number of hydrogen-bond donors (Lipinski definition) is 1. The first-order valence-electron chi connectivity index (χ1n) is 6.85. The Labute approximate surface area is 94.4 Å². The maximum absolute atomic E-state index is 3.38. The minimum atomic E-state index is 0.846. The summed E-state index contributed by atoms with van der Waals surface area (Å²) in [6.45, 7) is 7.36. The third kappa shape index (κ3) is 3.18. The summed E-state index contributed by atoms with van der Waals surface area (Å²) in [5.41, 5.74) is 0. The standard InChI is InChI=1S/C13H26N2/c1-2-15(13-9-14-10-13)11-12-7-5-3-4-6-8-12/h12-14H,2-11H2,1H3. The quantitative estimate of drug-likeness (QED) is 0.716. The molecule has 0 bridgehead atoms. The number of hydrogen-bond acceptors (Lipinski definition) is 2. The first kappa shape index (κ1) is 11.4. The van der Waals surface area contributed by atoms with Gasteiger partial charge in [-0.3, -0.25) is 4.90 Å². The van der Waals surface area contributed by atoms with Crippen molar-refractivity contribution >= 4 is 0 Å². The topological polar surface area (TPSA) is 15.3 Å². The molecule has 1 N–H and O–H groups in total. The van der Waals surface area contributed by atoms with Crippen LogP contribution in [0.2, 0.25) is 0 Å². The monoisotopic (exact) mass is 210 g/mol. The van der Waals surface area contributed by atoms with Crippen LogP contribution in [0, 0.1) is 5.92 Å². The van der Waals surface area contributed by atoms with Gasteiger partial charge in [0, 0.05) is 25.7 Å². The lowest BCUT2D eigenvalue weighted by Gasteiger charge is -2.39. The Hall–Kier alpha value is -0.0800. The number of nitrogens with zero attached hydrogens (tertiary/aromatic N) is 1. The van der Waals surface area contributed by atoms with Crippen LogP contribution >= 0.6 is 0 Å². The summed E-state index contributed by atoms with van der Waals surface area (Å²) in [4.78, 5) is 2.70. The van der Waals surface area contributed by atoms with Crippen molar-refractivity contribution in [1.82, 2.24) is 10.2 Å². The Morgan fingerprint density at radius 1 is 1.07 bits per heavy atom. The molecular weight excluding hydrogens is 184 g/mol. The molecule has 0 aromatic rings. The van der Waals surface area contributed by atoms with Crippen molar-refractivity contribution in [2.45, 2.75) is 51.5 Å². The number of rotatable bonds is 4. The summed E-state index contributed by atoms with van der Waals surface area (Å²) in [5, 5.41) is 3.38. The van der Waals surface area contributed by atoms with E-state index >= 15 is 0 Å². The zero-order chi connectivity index (χ0) is 10.5. The molecule has 0 spiro atoms. The maximum atomic E-state index is 3.38. The largest absolute Gasteiger partial charge is 0.314 e. The van der Waals surface area contributed by atoms with Crippen molar-refractivity contribution in [2.24, 2.45) is 5.92 Å². The van der Waals surface area contributed by atoms with Crippen LogP contribution in [0.25, 0.3) is 0 Å². The molecule has 0 aromatic carbocycles.